The van der Waals surface area contributed by atoms with Crippen LogP contribution in [0.15, 0.2) is 29.1 Å². The van der Waals surface area contributed by atoms with Crippen molar-refractivity contribution in [2.75, 3.05) is 0 Å². The third-order valence-electron chi connectivity index (χ3n) is 2.85. The number of rotatable bonds is 1. The number of H-pyrrole nitrogens is 1. The maximum Gasteiger partial charge on any atom is 0.189 e. The minimum atomic E-state index is 0.143. The van der Waals surface area contributed by atoms with Gasteiger partial charge in [-0.05, 0) is 53.5 Å². The fourth-order valence-electron chi connectivity index (χ4n) is 1.87. The minimum Gasteiger partial charge on any atom is -0.357 e. The van der Waals surface area contributed by atoms with E-state index in [1.54, 1.807) is 6.07 Å². The lowest BCUT2D eigenvalue weighted by molar-refractivity contribution is 1.04. The molecule has 15 heavy (non-hydrogen) atoms. The van der Waals surface area contributed by atoms with Gasteiger partial charge in [0.2, 0.25) is 0 Å². The van der Waals surface area contributed by atoms with Gasteiger partial charge in [0.05, 0.1) is 5.52 Å². The highest BCUT2D eigenvalue weighted by molar-refractivity contribution is 14.1. The predicted octanol–water partition coefficient (Wildman–Crippen LogP) is 3.01. The van der Waals surface area contributed by atoms with Gasteiger partial charge in [0.25, 0.3) is 0 Å². The molecule has 3 heteroatoms. The van der Waals surface area contributed by atoms with Crippen molar-refractivity contribution in [1.29, 1.82) is 0 Å². The molecule has 0 atom stereocenters. The molecule has 1 aromatic heterocycles. The largest absolute Gasteiger partial charge is 0.357 e. The quantitative estimate of drug-likeness (QED) is 0.807. The summed E-state index contributed by atoms with van der Waals surface area (Å²) in [6.45, 7) is 0. The van der Waals surface area contributed by atoms with Crippen molar-refractivity contribution in [3.8, 4) is 0 Å². The number of nitrogens with one attached hydrogen (secondary N) is 1. The van der Waals surface area contributed by atoms with Crippen molar-refractivity contribution in [3.63, 3.8) is 0 Å². The van der Waals surface area contributed by atoms with Crippen LogP contribution in [0, 0.1) is 3.57 Å². The molecule has 0 unspecified atom stereocenters. The first-order valence-electron chi connectivity index (χ1n) is 5.07. The molecule has 0 radical (unpaired) electrons. The summed E-state index contributed by atoms with van der Waals surface area (Å²) in [4.78, 5) is 15.3. The Kier molecular flexibility index (Phi) is 2.09. The normalized spacial score (nSPS) is 15.8. The second kappa shape index (κ2) is 3.33. The third kappa shape index (κ3) is 1.58. The maximum atomic E-state index is 11.9. The summed E-state index contributed by atoms with van der Waals surface area (Å²) in [5.74, 6) is 0.595. The van der Waals surface area contributed by atoms with Crippen LogP contribution in [0.25, 0.3) is 10.9 Å². The van der Waals surface area contributed by atoms with Crippen LogP contribution in [-0.2, 0) is 0 Å². The Labute approximate surface area is 101 Å². The first-order valence-corrected chi connectivity index (χ1v) is 6.15. The molecule has 0 amide bonds. The van der Waals surface area contributed by atoms with Gasteiger partial charge in [-0.25, -0.2) is 0 Å². The molecule has 1 fully saturated rings. The van der Waals surface area contributed by atoms with Gasteiger partial charge in [0.15, 0.2) is 5.43 Å². The van der Waals surface area contributed by atoms with Crippen LogP contribution in [0.1, 0.15) is 24.5 Å². The number of halogens is 1. The van der Waals surface area contributed by atoms with E-state index in [9.17, 15) is 4.79 Å². The van der Waals surface area contributed by atoms with Crippen LogP contribution >= 0.6 is 22.6 Å². The van der Waals surface area contributed by atoms with Crippen molar-refractivity contribution < 1.29 is 0 Å². The van der Waals surface area contributed by atoms with Crippen molar-refractivity contribution in [2.24, 2.45) is 0 Å². The topological polar surface area (TPSA) is 32.9 Å². The second-order valence-electron chi connectivity index (χ2n) is 4.03. The van der Waals surface area contributed by atoms with E-state index in [1.807, 2.05) is 18.2 Å². The van der Waals surface area contributed by atoms with Gasteiger partial charge >= 0.3 is 0 Å². The molecule has 0 aliphatic heterocycles. The lowest BCUT2D eigenvalue weighted by atomic mass is 10.1. The Morgan fingerprint density at radius 3 is 2.87 bits per heavy atom. The molecule has 1 aromatic carbocycles. The number of fused-ring (bicyclic) bond motifs is 1. The van der Waals surface area contributed by atoms with E-state index in [0.29, 0.717) is 5.92 Å². The molecule has 1 N–H and O–H groups in total. The van der Waals surface area contributed by atoms with E-state index in [1.165, 1.54) is 12.8 Å². The van der Waals surface area contributed by atoms with E-state index < -0.39 is 0 Å². The lowest BCUT2D eigenvalue weighted by Gasteiger charge is -2.04. The SMILES string of the molecule is O=c1cc(C2CC2)[nH]c2c(I)cccc12. The monoisotopic (exact) mass is 311 g/mol. The highest BCUT2D eigenvalue weighted by Gasteiger charge is 2.25. The fraction of sp³-hybridized carbons (Fsp3) is 0.250. The van der Waals surface area contributed by atoms with E-state index in [2.05, 4.69) is 27.6 Å². The maximum absolute atomic E-state index is 11.9. The van der Waals surface area contributed by atoms with Crippen LogP contribution in [0.5, 0.6) is 0 Å². The second-order valence-corrected chi connectivity index (χ2v) is 5.19. The molecule has 0 bridgehead atoms. The molecule has 2 nitrogen and oxygen atoms in total. The zero-order valence-corrected chi connectivity index (χ0v) is 10.2. The smallest absolute Gasteiger partial charge is 0.189 e. The summed E-state index contributed by atoms with van der Waals surface area (Å²) in [7, 11) is 0. The highest BCUT2D eigenvalue weighted by atomic mass is 127. The van der Waals surface area contributed by atoms with Gasteiger partial charge < -0.3 is 4.98 Å². The van der Waals surface area contributed by atoms with Crippen molar-refractivity contribution in [1.82, 2.24) is 4.98 Å². The van der Waals surface area contributed by atoms with Gasteiger partial charge in [-0.2, -0.15) is 0 Å². The molecule has 1 aliphatic carbocycles. The summed E-state index contributed by atoms with van der Waals surface area (Å²) in [6.07, 6.45) is 2.43. The van der Waals surface area contributed by atoms with Gasteiger partial charge in [0.1, 0.15) is 0 Å². The molecule has 0 spiro atoms. The van der Waals surface area contributed by atoms with Crippen LogP contribution in [-0.4, -0.2) is 4.98 Å². The Balaban J connectivity index is 2.37. The Bertz CT molecular complexity index is 584. The van der Waals surface area contributed by atoms with Crippen molar-refractivity contribution in [3.05, 3.63) is 43.8 Å². The zero-order valence-electron chi connectivity index (χ0n) is 8.09. The third-order valence-corrected chi connectivity index (χ3v) is 3.75. The highest BCUT2D eigenvalue weighted by Crippen LogP contribution is 2.38. The minimum absolute atomic E-state index is 0.143. The average Bonchev–Trinajstić information content (AvgIpc) is 3.02. The van der Waals surface area contributed by atoms with Crippen molar-refractivity contribution in [2.45, 2.75) is 18.8 Å². The number of hydrogen-bond acceptors (Lipinski definition) is 1. The van der Waals surface area contributed by atoms with Gasteiger partial charge in [0, 0.05) is 20.7 Å². The van der Waals surface area contributed by atoms with Gasteiger partial charge in [-0.15, -0.1) is 0 Å². The first kappa shape index (κ1) is 9.39. The van der Waals surface area contributed by atoms with E-state index in [-0.39, 0.29) is 5.43 Å². The molecule has 1 saturated carbocycles. The summed E-state index contributed by atoms with van der Waals surface area (Å²) in [5, 5.41) is 0.798. The van der Waals surface area contributed by atoms with E-state index in [0.717, 1.165) is 20.2 Å². The van der Waals surface area contributed by atoms with E-state index in [4.69, 9.17) is 0 Å². The molecular formula is C12H10INO. The zero-order chi connectivity index (χ0) is 10.4. The van der Waals surface area contributed by atoms with Crippen LogP contribution < -0.4 is 5.43 Å². The Morgan fingerprint density at radius 2 is 2.13 bits per heavy atom. The van der Waals surface area contributed by atoms with Crippen molar-refractivity contribution >= 4 is 33.5 Å². The number of para-hydroxylation sites is 1. The molecule has 1 aliphatic rings. The Hall–Kier alpha value is -0.840. The number of hydrogen-bond donors (Lipinski definition) is 1. The summed E-state index contributed by atoms with van der Waals surface area (Å²) in [6, 6.07) is 7.59. The van der Waals surface area contributed by atoms with E-state index >= 15 is 0 Å². The molecule has 3 rings (SSSR count). The molecule has 1 heterocycles. The predicted molar refractivity (Wildman–Crippen MR) is 69.3 cm³/mol. The summed E-state index contributed by atoms with van der Waals surface area (Å²) < 4.78 is 1.12. The number of aromatic nitrogens is 1. The van der Waals surface area contributed by atoms with Crippen LogP contribution in [0.2, 0.25) is 0 Å². The molecular weight excluding hydrogens is 301 g/mol. The first-order chi connectivity index (χ1) is 7.25. The average molecular weight is 311 g/mol. The molecule has 76 valence electrons. The summed E-state index contributed by atoms with van der Waals surface area (Å²) in [5.41, 5.74) is 2.24. The van der Waals surface area contributed by atoms with Gasteiger partial charge in [-0.1, -0.05) is 6.07 Å². The fourth-order valence-corrected chi connectivity index (χ4v) is 2.50. The van der Waals surface area contributed by atoms with Crippen LogP contribution in [0.3, 0.4) is 0 Å². The number of aromatic amines is 1. The lowest BCUT2D eigenvalue weighted by Crippen LogP contribution is -2.05. The number of benzene rings is 1. The number of pyridine rings is 1. The molecule has 0 saturated heterocycles. The standard InChI is InChI=1S/C12H10INO/c13-9-3-1-2-8-11(15)6-10(7-4-5-7)14-12(8)9/h1-3,6-7H,4-5H2,(H,14,15). The summed E-state index contributed by atoms with van der Waals surface area (Å²) >= 11 is 2.27. The molecule has 2 aromatic rings. The Morgan fingerprint density at radius 1 is 1.33 bits per heavy atom. The van der Waals surface area contributed by atoms with Crippen LogP contribution in [0.4, 0.5) is 0 Å². The van der Waals surface area contributed by atoms with Gasteiger partial charge in [-0.3, -0.25) is 4.79 Å².